The SMILES string of the molecule is CNC(=O)[C@@H]1C[C@H](NCc2cccc(OCc3ccccc3)c2)CN1Cc1ccccc1Cl. The second-order valence-electron chi connectivity index (χ2n) is 8.39. The standard InChI is InChI=1S/C27H30ClN3O2/c1-29-27(32)26-15-23(18-31(26)17-22-11-5-6-13-25(22)28)30-16-21-10-7-12-24(14-21)33-19-20-8-3-2-4-9-20/h2-14,23,26,30H,15-19H2,1H3,(H,29,32)/t23-,26-/m0/s1. The molecule has 0 unspecified atom stereocenters. The highest BCUT2D eigenvalue weighted by molar-refractivity contribution is 6.31. The quantitative estimate of drug-likeness (QED) is 0.494. The molecule has 0 aliphatic carbocycles. The normalized spacial score (nSPS) is 18.2. The van der Waals surface area contributed by atoms with Gasteiger partial charge in [-0.15, -0.1) is 0 Å². The minimum absolute atomic E-state index is 0.0441. The summed E-state index contributed by atoms with van der Waals surface area (Å²) in [4.78, 5) is 14.7. The van der Waals surface area contributed by atoms with Gasteiger partial charge in [0.25, 0.3) is 0 Å². The van der Waals surface area contributed by atoms with E-state index in [9.17, 15) is 4.79 Å². The number of hydrogen-bond acceptors (Lipinski definition) is 4. The van der Waals surface area contributed by atoms with Crippen molar-refractivity contribution >= 4 is 17.5 Å². The molecule has 3 aromatic carbocycles. The zero-order chi connectivity index (χ0) is 23.0. The van der Waals surface area contributed by atoms with E-state index in [4.69, 9.17) is 16.3 Å². The summed E-state index contributed by atoms with van der Waals surface area (Å²) in [6, 6.07) is 26.2. The second-order valence-corrected chi connectivity index (χ2v) is 8.79. The Morgan fingerprint density at radius 2 is 1.79 bits per heavy atom. The van der Waals surface area contributed by atoms with E-state index in [2.05, 4.69) is 39.8 Å². The van der Waals surface area contributed by atoms with Crippen molar-refractivity contribution in [2.24, 2.45) is 0 Å². The van der Waals surface area contributed by atoms with Crippen LogP contribution in [0.1, 0.15) is 23.1 Å². The van der Waals surface area contributed by atoms with E-state index in [-0.39, 0.29) is 18.0 Å². The molecule has 33 heavy (non-hydrogen) atoms. The zero-order valence-corrected chi connectivity index (χ0v) is 19.6. The fourth-order valence-corrected chi connectivity index (χ4v) is 4.45. The van der Waals surface area contributed by atoms with Crippen LogP contribution >= 0.6 is 11.6 Å². The van der Waals surface area contributed by atoms with Gasteiger partial charge in [0.05, 0.1) is 6.04 Å². The number of amides is 1. The number of rotatable bonds is 9. The van der Waals surface area contributed by atoms with Crippen molar-refractivity contribution in [1.82, 2.24) is 15.5 Å². The molecule has 1 aliphatic rings. The van der Waals surface area contributed by atoms with E-state index in [1.807, 2.05) is 54.6 Å². The van der Waals surface area contributed by atoms with E-state index in [0.717, 1.165) is 40.4 Å². The van der Waals surface area contributed by atoms with Crippen LogP contribution in [0, 0.1) is 0 Å². The average Bonchev–Trinajstić information content (AvgIpc) is 3.26. The number of benzene rings is 3. The Morgan fingerprint density at radius 1 is 1.03 bits per heavy atom. The third-order valence-electron chi connectivity index (χ3n) is 6.03. The molecular formula is C27H30ClN3O2. The van der Waals surface area contributed by atoms with Crippen LogP contribution in [-0.4, -0.2) is 36.5 Å². The molecule has 2 N–H and O–H groups in total. The first-order chi connectivity index (χ1) is 16.1. The van der Waals surface area contributed by atoms with Crippen molar-refractivity contribution in [2.45, 2.75) is 38.2 Å². The Labute approximate surface area is 200 Å². The molecule has 1 heterocycles. The maximum Gasteiger partial charge on any atom is 0.237 e. The van der Waals surface area contributed by atoms with E-state index < -0.39 is 0 Å². The summed E-state index contributed by atoms with van der Waals surface area (Å²) in [5.74, 6) is 0.899. The largest absolute Gasteiger partial charge is 0.489 e. The third-order valence-corrected chi connectivity index (χ3v) is 6.39. The first-order valence-electron chi connectivity index (χ1n) is 11.3. The van der Waals surface area contributed by atoms with E-state index in [1.54, 1.807) is 7.05 Å². The molecule has 0 spiro atoms. The number of hydrogen-bond donors (Lipinski definition) is 2. The van der Waals surface area contributed by atoms with Crippen LogP contribution in [0.2, 0.25) is 5.02 Å². The summed E-state index contributed by atoms with van der Waals surface area (Å²) in [6.07, 6.45) is 0.758. The van der Waals surface area contributed by atoms with Gasteiger partial charge in [0.2, 0.25) is 5.91 Å². The van der Waals surface area contributed by atoms with Gasteiger partial charge in [0.1, 0.15) is 12.4 Å². The van der Waals surface area contributed by atoms with Crippen LogP contribution in [0.3, 0.4) is 0 Å². The number of carbonyl (C=O) groups is 1. The number of likely N-dealkylation sites (tertiary alicyclic amines) is 1. The molecule has 172 valence electrons. The van der Waals surface area contributed by atoms with Crippen molar-refractivity contribution in [3.05, 3.63) is 101 Å². The highest BCUT2D eigenvalue weighted by Gasteiger charge is 2.36. The summed E-state index contributed by atoms with van der Waals surface area (Å²) < 4.78 is 5.96. The molecule has 5 nitrogen and oxygen atoms in total. The van der Waals surface area contributed by atoms with Gasteiger partial charge in [-0.25, -0.2) is 0 Å². The van der Waals surface area contributed by atoms with Crippen LogP contribution in [0.25, 0.3) is 0 Å². The highest BCUT2D eigenvalue weighted by Crippen LogP contribution is 2.25. The lowest BCUT2D eigenvalue weighted by molar-refractivity contribution is -0.125. The van der Waals surface area contributed by atoms with Crippen molar-refractivity contribution in [3.8, 4) is 5.75 Å². The van der Waals surface area contributed by atoms with Gasteiger partial charge in [0, 0.05) is 37.7 Å². The van der Waals surface area contributed by atoms with Crippen molar-refractivity contribution in [3.63, 3.8) is 0 Å². The van der Waals surface area contributed by atoms with Crippen LogP contribution in [0.15, 0.2) is 78.9 Å². The van der Waals surface area contributed by atoms with Crippen LogP contribution in [-0.2, 0) is 24.5 Å². The topological polar surface area (TPSA) is 53.6 Å². The van der Waals surface area contributed by atoms with Crippen LogP contribution < -0.4 is 15.4 Å². The summed E-state index contributed by atoms with van der Waals surface area (Å²) in [7, 11) is 1.69. The summed E-state index contributed by atoms with van der Waals surface area (Å²) in [6.45, 7) is 2.70. The van der Waals surface area contributed by atoms with Crippen molar-refractivity contribution < 1.29 is 9.53 Å². The maximum absolute atomic E-state index is 12.5. The molecular weight excluding hydrogens is 434 g/mol. The summed E-state index contributed by atoms with van der Waals surface area (Å²) in [5, 5.41) is 7.17. The second kappa shape index (κ2) is 11.3. The molecule has 2 atom stereocenters. The lowest BCUT2D eigenvalue weighted by atomic mass is 10.1. The Kier molecular flexibility index (Phi) is 8.00. The first kappa shape index (κ1) is 23.3. The Balaban J connectivity index is 1.35. The fourth-order valence-electron chi connectivity index (χ4n) is 4.26. The maximum atomic E-state index is 12.5. The highest BCUT2D eigenvalue weighted by atomic mass is 35.5. The zero-order valence-electron chi connectivity index (χ0n) is 18.8. The van der Waals surface area contributed by atoms with Gasteiger partial charge in [0.15, 0.2) is 0 Å². The Morgan fingerprint density at radius 3 is 2.58 bits per heavy atom. The van der Waals surface area contributed by atoms with E-state index in [0.29, 0.717) is 19.7 Å². The average molecular weight is 464 g/mol. The minimum Gasteiger partial charge on any atom is -0.489 e. The molecule has 1 amide bonds. The van der Waals surface area contributed by atoms with Gasteiger partial charge in [-0.3, -0.25) is 9.69 Å². The number of carbonyl (C=O) groups excluding carboxylic acids is 1. The number of likely N-dealkylation sites (N-methyl/N-ethyl adjacent to an activating group) is 1. The molecule has 0 radical (unpaired) electrons. The van der Waals surface area contributed by atoms with Gasteiger partial charge >= 0.3 is 0 Å². The molecule has 6 heteroatoms. The summed E-state index contributed by atoms with van der Waals surface area (Å²) in [5.41, 5.74) is 3.34. The van der Waals surface area contributed by atoms with E-state index >= 15 is 0 Å². The number of nitrogens with one attached hydrogen (secondary N) is 2. The molecule has 4 rings (SSSR count). The van der Waals surface area contributed by atoms with Gasteiger partial charge in [-0.1, -0.05) is 72.3 Å². The van der Waals surface area contributed by atoms with Crippen molar-refractivity contribution in [1.29, 1.82) is 0 Å². The lowest BCUT2D eigenvalue weighted by Gasteiger charge is -2.23. The minimum atomic E-state index is -0.177. The molecule has 1 fully saturated rings. The van der Waals surface area contributed by atoms with E-state index in [1.165, 1.54) is 0 Å². The molecule has 3 aromatic rings. The number of nitrogens with zero attached hydrogens (tertiary/aromatic N) is 1. The first-order valence-corrected chi connectivity index (χ1v) is 11.7. The summed E-state index contributed by atoms with van der Waals surface area (Å²) >= 11 is 6.37. The van der Waals surface area contributed by atoms with Gasteiger partial charge in [-0.2, -0.15) is 0 Å². The third kappa shape index (κ3) is 6.35. The lowest BCUT2D eigenvalue weighted by Crippen LogP contribution is -2.41. The van der Waals surface area contributed by atoms with Crippen LogP contribution in [0.4, 0.5) is 0 Å². The predicted molar refractivity (Wildman–Crippen MR) is 132 cm³/mol. The van der Waals surface area contributed by atoms with Gasteiger partial charge in [-0.05, 0) is 41.3 Å². The molecule has 0 saturated carbocycles. The van der Waals surface area contributed by atoms with Gasteiger partial charge < -0.3 is 15.4 Å². The molecule has 0 bridgehead atoms. The number of ether oxygens (including phenoxy) is 1. The number of halogens is 1. The van der Waals surface area contributed by atoms with Crippen molar-refractivity contribution in [2.75, 3.05) is 13.6 Å². The fraction of sp³-hybridized carbons (Fsp3) is 0.296. The Hall–Kier alpha value is -2.86. The molecule has 1 aliphatic heterocycles. The van der Waals surface area contributed by atoms with Crippen LogP contribution in [0.5, 0.6) is 5.75 Å². The Bertz CT molecular complexity index is 1060. The predicted octanol–water partition coefficient (Wildman–Crippen LogP) is 4.40. The molecule has 1 saturated heterocycles. The molecule has 0 aromatic heterocycles. The monoisotopic (exact) mass is 463 g/mol. The smallest absolute Gasteiger partial charge is 0.237 e.